The largest absolute Gasteiger partial charge is 0.490 e. The van der Waals surface area contributed by atoms with Gasteiger partial charge in [-0.05, 0) is 26.0 Å². The second-order valence-corrected chi connectivity index (χ2v) is 4.77. The second-order valence-electron chi connectivity index (χ2n) is 4.77. The van der Waals surface area contributed by atoms with Crippen molar-refractivity contribution in [3.63, 3.8) is 0 Å². The number of hydrogen-bond acceptors (Lipinski definition) is 5. The molecule has 1 aromatic rings. The summed E-state index contributed by atoms with van der Waals surface area (Å²) in [6.07, 6.45) is 1.57. The van der Waals surface area contributed by atoms with Crippen LogP contribution in [0.5, 0.6) is 11.5 Å². The van der Waals surface area contributed by atoms with E-state index in [-0.39, 0.29) is 6.29 Å². The average molecular weight is 295 g/mol. The van der Waals surface area contributed by atoms with Gasteiger partial charge in [-0.1, -0.05) is 0 Å². The van der Waals surface area contributed by atoms with E-state index in [0.29, 0.717) is 26.4 Å². The molecule has 5 nitrogen and oxygen atoms in total. The van der Waals surface area contributed by atoms with Crippen LogP contribution in [-0.2, 0) is 9.47 Å². The van der Waals surface area contributed by atoms with Crippen molar-refractivity contribution in [3.05, 3.63) is 18.2 Å². The van der Waals surface area contributed by atoms with Gasteiger partial charge in [-0.3, -0.25) is 0 Å². The molecule has 21 heavy (non-hydrogen) atoms. The molecule has 0 spiro atoms. The summed E-state index contributed by atoms with van der Waals surface area (Å²) in [6, 6.07) is 5.94. The molecular weight excluding hydrogens is 270 g/mol. The van der Waals surface area contributed by atoms with Crippen molar-refractivity contribution in [2.45, 2.75) is 33.0 Å². The number of rotatable bonds is 8. The van der Waals surface area contributed by atoms with Gasteiger partial charge >= 0.3 is 0 Å². The summed E-state index contributed by atoms with van der Waals surface area (Å²) >= 11 is 0. The molecule has 0 saturated carbocycles. The Bertz CT molecular complexity index is 419. The Morgan fingerprint density at radius 2 is 1.81 bits per heavy atom. The Hall–Kier alpha value is -1.46. The fraction of sp³-hybridized carbons (Fsp3) is 0.625. The van der Waals surface area contributed by atoms with E-state index in [1.807, 2.05) is 32.0 Å². The van der Waals surface area contributed by atoms with Gasteiger partial charge in [-0.2, -0.15) is 0 Å². The van der Waals surface area contributed by atoms with Crippen LogP contribution in [0.1, 0.15) is 26.7 Å². The van der Waals surface area contributed by atoms with Gasteiger partial charge in [0.2, 0.25) is 0 Å². The highest BCUT2D eigenvalue weighted by molar-refractivity contribution is 5.54. The van der Waals surface area contributed by atoms with Crippen LogP contribution >= 0.6 is 0 Å². The van der Waals surface area contributed by atoms with E-state index in [9.17, 15) is 0 Å². The van der Waals surface area contributed by atoms with E-state index in [2.05, 4.69) is 5.32 Å². The van der Waals surface area contributed by atoms with Gasteiger partial charge in [0.1, 0.15) is 0 Å². The van der Waals surface area contributed by atoms with Crippen molar-refractivity contribution in [3.8, 4) is 11.5 Å². The first kappa shape index (κ1) is 15.9. The predicted molar refractivity (Wildman–Crippen MR) is 82.2 cm³/mol. The first-order valence-corrected chi connectivity index (χ1v) is 7.70. The molecule has 0 saturated heterocycles. The van der Waals surface area contributed by atoms with Crippen LogP contribution in [0.4, 0.5) is 5.69 Å². The van der Waals surface area contributed by atoms with Gasteiger partial charge in [0.05, 0.1) is 13.2 Å². The molecule has 0 bridgehead atoms. The molecule has 0 aliphatic carbocycles. The van der Waals surface area contributed by atoms with Crippen molar-refractivity contribution >= 4 is 5.69 Å². The summed E-state index contributed by atoms with van der Waals surface area (Å²) in [5.41, 5.74) is 1.02. The van der Waals surface area contributed by atoms with Gasteiger partial charge in [-0.25, -0.2) is 0 Å². The number of nitrogens with one attached hydrogen (secondary N) is 1. The lowest BCUT2D eigenvalue weighted by atomic mass is 10.2. The molecule has 0 amide bonds. The number of fused-ring (bicyclic) bond motifs is 1. The van der Waals surface area contributed by atoms with E-state index in [1.54, 1.807) is 0 Å². The number of hydrogen-bond donors (Lipinski definition) is 1. The lowest BCUT2D eigenvalue weighted by molar-refractivity contribution is -0.137. The Morgan fingerprint density at radius 3 is 2.52 bits per heavy atom. The summed E-state index contributed by atoms with van der Waals surface area (Å²) in [7, 11) is 0. The maximum absolute atomic E-state index is 5.68. The Morgan fingerprint density at radius 1 is 1.10 bits per heavy atom. The van der Waals surface area contributed by atoms with Crippen LogP contribution in [0.15, 0.2) is 18.2 Å². The molecule has 2 rings (SSSR count). The summed E-state index contributed by atoms with van der Waals surface area (Å²) in [5.74, 6) is 1.63. The number of anilines is 1. The Balaban J connectivity index is 1.84. The van der Waals surface area contributed by atoms with Crippen molar-refractivity contribution in [1.82, 2.24) is 0 Å². The Labute approximate surface area is 126 Å². The van der Waals surface area contributed by atoms with Crippen molar-refractivity contribution in [2.24, 2.45) is 0 Å². The minimum atomic E-state index is -0.145. The summed E-state index contributed by atoms with van der Waals surface area (Å²) in [6.45, 7) is 7.47. The third-order valence-electron chi connectivity index (χ3n) is 3.16. The monoisotopic (exact) mass is 295 g/mol. The second kappa shape index (κ2) is 8.74. The number of ether oxygens (including phenoxy) is 4. The third kappa shape index (κ3) is 5.10. The maximum Gasteiger partial charge on any atom is 0.163 e. The van der Waals surface area contributed by atoms with E-state index in [0.717, 1.165) is 36.6 Å². The van der Waals surface area contributed by atoms with Gasteiger partial charge in [0, 0.05) is 44.4 Å². The van der Waals surface area contributed by atoms with Gasteiger partial charge < -0.3 is 24.3 Å². The maximum atomic E-state index is 5.68. The third-order valence-corrected chi connectivity index (χ3v) is 3.16. The van der Waals surface area contributed by atoms with Crippen LogP contribution in [0.3, 0.4) is 0 Å². The molecule has 0 unspecified atom stereocenters. The van der Waals surface area contributed by atoms with Crippen LogP contribution in [-0.4, -0.2) is 39.3 Å². The minimum Gasteiger partial charge on any atom is -0.490 e. The lowest BCUT2D eigenvalue weighted by Crippen LogP contribution is -2.21. The molecular formula is C16H25NO4. The summed E-state index contributed by atoms with van der Waals surface area (Å²) in [5, 5.41) is 3.37. The predicted octanol–water partition coefficient (Wildman–Crippen LogP) is 3.05. The fourth-order valence-electron chi connectivity index (χ4n) is 2.19. The molecule has 1 heterocycles. The topological polar surface area (TPSA) is 49.0 Å². The molecule has 0 aromatic heterocycles. The molecule has 1 aliphatic heterocycles. The van der Waals surface area contributed by atoms with Gasteiger partial charge in [-0.15, -0.1) is 0 Å². The molecule has 0 fully saturated rings. The highest BCUT2D eigenvalue weighted by atomic mass is 16.7. The summed E-state index contributed by atoms with van der Waals surface area (Å²) < 4.78 is 22.3. The first-order chi connectivity index (χ1) is 10.3. The van der Waals surface area contributed by atoms with E-state index >= 15 is 0 Å². The first-order valence-electron chi connectivity index (χ1n) is 7.70. The molecule has 0 radical (unpaired) electrons. The molecule has 1 aliphatic rings. The lowest BCUT2D eigenvalue weighted by Gasteiger charge is -2.17. The smallest absolute Gasteiger partial charge is 0.163 e. The highest BCUT2D eigenvalue weighted by Crippen LogP contribution is 2.32. The molecule has 1 aromatic carbocycles. The van der Waals surface area contributed by atoms with Crippen molar-refractivity contribution in [2.75, 3.05) is 38.3 Å². The van der Waals surface area contributed by atoms with E-state index < -0.39 is 0 Å². The highest BCUT2D eigenvalue weighted by Gasteiger charge is 2.11. The molecule has 0 atom stereocenters. The van der Waals surface area contributed by atoms with Crippen LogP contribution in [0.2, 0.25) is 0 Å². The van der Waals surface area contributed by atoms with Crippen LogP contribution in [0, 0.1) is 0 Å². The molecule has 118 valence electrons. The van der Waals surface area contributed by atoms with E-state index in [1.165, 1.54) is 0 Å². The standard InChI is InChI=1S/C16H25NO4/c1-3-18-16(19-4-2)8-9-17-13-6-7-14-15(12-13)21-11-5-10-20-14/h6-7,12,16-17H,3-5,8-11H2,1-2H3. The SMILES string of the molecule is CCOC(CCNc1ccc2c(c1)OCCCO2)OCC. The quantitative estimate of drug-likeness (QED) is 0.747. The van der Waals surface area contributed by atoms with Gasteiger partial charge in [0.25, 0.3) is 0 Å². The average Bonchev–Trinajstić information content (AvgIpc) is 2.72. The molecule has 5 heteroatoms. The zero-order valence-electron chi connectivity index (χ0n) is 12.9. The molecule has 1 N–H and O–H groups in total. The van der Waals surface area contributed by atoms with Crippen molar-refractivity contribution in [1.29, 1.82) is 0 Å². The minimum absolute atomic E-state index is 0.145. The normalized spacial score (nSPS) is 14.0. The van der Waals surface area contributed by atoms with Crippen LogP contribution < -0.4 is 14.8 Å². The fourth-order valence-corrected chi connectivity index (χ4v) is 2.19. The Kier molecular flexibility index (Phi) is 6.63. The summed E-state index contributed by atoms with van der Waals surface area (Å²) in [4.78, 5) is 0. The number of benzene rings is 1. The van der Waals surface area contributed by atoms with Crippen molar-refractivity contribution < 1.29 is 18.9 Å². The van der Waals surface area contributed by atoms with Crippen LogP contribution in [0.25, 0.3) is 0 Å². The zero-order valence-corrected chi connectivity index (χ0v) is 12.9. The zero-order chi connectivity index (χ0) is 14.9. The van der Waals surface area contributed by atoms with Gasteiger partial charge in [0.15, 0.2) is 17.8 Å². The van der Waals surface area contributed by atoms with E-state index in [4.69, 9.17) is 18.9 Å².